The molecular formula is C13H13BN4O. The number of nitrogen functional groups attached to an aromatic ring is 1. The van der Waals surface area contributed by atoms with Crippen molar-refractivity contribution in [2.24, 2.45) is 5.73 Å². The number of hydrogen-bond acceptors (Lipinski definition) is 4. The van der Waals surface area contributed by atoms with Gasteiger partial charge in [0.1, 0.15) is 20.0 Å². The number of aromatic nitrogens is 2. The summed E-state index contributed by atoms with van der Waals surface area (Å²) >= 11 is 0. The summed E-state index contributed by atoms with van der Waals surface area (Å²) in [5.41, 5.74) is 13.9. The van der Waals surface area contributed by atoms with Gasteiger partial charge in [0.15, 0.2) is 0 Å². The Balaban J connectivity index is 2.41. The Bertz CT molecular complexity index is 615. The molecular weight excluding hydrogens is 239 g/mol. The zero-order valence-corrected chi connectivity index (χ0v) is 10.3. The third-order valence-corrected chi connectivity index (χ3v) is 2.73. The van der Waals surface area contributed by atoms with Gasteiger partial charge in [-0.2, -0.15) is 0 Å². The van der Waals surface area contributed by atoms with Gasteiger partial charge in [-0.1, -0.05) is 23.7 Å². The molecule has 0 atom stereocenters. The quantitative estimate of drug-likeness (QED) is 0.745. The van der Waals surface area contributed by atoms with Gasteiger partial charge in [0.05, 0.1) is 5.69 Å². The Morgan fingerprint density at radius 1 is 1.26 bits per heavy atom. The molecule has 0 saturated heterocycles. The van der Waals surface area contributed by atoms with E-state index in [4.69, 9.17) is 19.3 Å². The molecule has 0 unspecified atom stereocenters. The van der Waals surface area contributed by atoms with E-state index < -0.39 is 0 Å². The Morgan fingerprint density at radius 2 is 2.05 bits per heavy atom. The van der Waals surface area contributed by atoms with Gasteiger partial charge in [0, 0.05) is 18.1 Å². The van der Waals surface area contributed by atoms with Crippen molar-refractivity contribution in [1.29, 1.82) is 0 Å². The Morgan fingerprint density at radius 3 is 2.74 bits per heavy atom. The average Bonchev–Trinajstić information content (AvgIpc) is 2.36. The number of nitrogens with two attached hydrogens (primary N) is 2. The van der Waals surface area contributed by atoms with E-state index in [2.05, 4.69) is 9.97 Å². The number of primary amides is 1. The second-order valence-electron chi connectivity index (χ2n) is 4.21. The first-order valence-electron chi connectivity index (χ1n) is 5.81. The van der Waals surface area contributed by atoms with Crippen LogP contribution in [0.2, 0.25) is 0 Å². The molecule has 0 aliphatic rings. The van der Waals surface area contributed by atoms with Crippen molar-refractivity contribution in [3.8, 4) is 11.3 Å². The number of nitrogens with zero attached hydrogens (tertiary/aromatic N) is 2. The topological polar surface area (TPSA) is 94.9 Å². The molecule has 2 radical (unpaired) electrons. The molecule has 2 rings (SSSR count). The first-order chi connectivity index (χ1) is 9.06. The summed E-state index contributed by atoms with van der Waals surface area (Å²) in [6.07, 6.45) is 2.18. The minimum absolute atomic E-state index is 0.261. The molecule has 0 aliphatic carbocycles. The molecule has 0 aliphatic heterocycles. The Hall–Kier alpha value is -2.37. The summed E-state index contributed by atoms with van der Waals surface area (Å²) in [6.45, 7) is 0. The summed E-state index contributed by atoms with van der Waals surface area (Å²) in [4.78, 5) is 18.9. The van der Waals surface area contributed by atoms with E-state index >= 15 is 0 Å². The number of hydrogen-bond donors (Lipinski definition) is 2. The highest BCUT2D eigenvalue weighted by atomic mass is 16.1. The van der Waals surface area contributed by atoms with Crippen molar-refractivity contribution in [1.82, 2.24) is 9.97 Å². The van der Waals surface area contributed by atoms with Gasteiger partial charge in [-0.05, 0) is 12.0 Å². The van der Waals surface area contributed by atoms with Crippen molar-refractivity contribution in [3.05, 3.63) is 36.2 Å². The van der Waals surface area contributed by atoms with Crippen LogP contribution in [0.4, 0.5) is 5.82 Å². The predicted molar refractivity (Wildman–Crippen MR) is 74.8 cm³/mol. The smallest absolute Gasteiger partial charge is 0.217 e. The standard InChI is InChI=1S/C13H13BN4O/c14-9-2-3-10(8(5-9)1-4-13(16)19)11-6-12(15)18-7-17-11/h2-3,5-7H,1,4H2,(H2,16,19)(H2,15,17,18). The van der Waals surface area contributed by atoms with Gasteiger partial charge >= 0.3 is 0 Å². The molecule has 0 spiro atoms. The lowest BCUT2D eigenvalue weighted by Crippen LogP contribution is -2.13. The normalized spacial score (nSPS) is 10.3. The highest BCUT2D eigenvalue weighted by Gasteiger charge is 2.08. The first kappa shape index (κ1) is 13.1. The van der Waals surface area contributed by atoms with E-state index in [1.54, 1.807) is 12.1 Å². The monoisotopic (exact) mass is 252 g/mol. The fraction of sp³-hybridized carbons (Fsp3) is 0.154. The molecule has 0 bridgehead atoms. The number of carbonyl (C=O) groups is 1. The van der Waals surface area contributed by atoms with Crippen LogP contribution < -0.4 is 16.9 Å². The molecule has 1 heterocycles. The van der Waals surface area contributed by atoms with Crippen LogP contribution in [0.1, 0.15) is 12.0 Å². The minimum Gasteiger partial charge on any atom is -0.384 e. The third kappa shape index (κ3) is 3.31. The second kappa shape index (κ2) is 5.52. The van der Waals surface area contributed by atoms with Gasteiger partial charge in [-0.3, -0.25) is 4.79 Å². The fourth-order valence-corrected chi connectivity index (χ4v) is 1.85. The van der Waals surface area contributed by atoms with Gasteiger partial charge in [-0.25, -0.2) is 9.97 Å². The number of amides is 1. The van der Waals surface area contributed by atoms with E-state index in [1.807, 2.05) is 12.1 Å². The number of anilines is 1. The molecule has 2 aromatic rings. The van der Waals surface area contributed by atoms with Crippen LogP contribution in [0.3, 0.4) is 0 Å². The van der Waals surface area contributed by atoms with Gasteiger partial charge in [-0.15, -0.1) is 0 Å². The highest BCUT2D eigenvalue weighted by molar-refractivity contribution is 6.32. The molecule has 0 saturated carbocycles. The van der Waals surface area contributed by atoms with Gasteiger partial charge < -0.3 is 11.5 Å². The van der Waals surface area contributed by atoms with Crippen LogP contribution >= 0.6 is 0 Å². The zero-order chi connectivity index (χ0) is 13.8. The summed E-state index contributed by atoms with van der Waals surface area (Å²) in [5.74, 6) is 0.0400. The van der Waals surface area contributed by atoms with Crippen LogP contribution in [0.5, 0.6) is 0 Å². The second-order valence-corrected chi connectivity index (χ2v) is 4.21. The Labute approximate surface area is 112 Å². The maximum absolute atomic E-state index is 10.9. The van der Waals surface area contributed by atoms with Crippen molar-refractivity contribution in [2.45, 2.75) is 12.8 Å². The van der Waals surface area contributed by atoms with E-state index in [9.17, 15) is 4.79 Å². The predicted octanol–water partition coefficient (Wildman–Crippen LogP) is -0.0625. The van der Waals surface area contributed by atoms with Crippen LogP contribution in [-0.2, 0) is 11.2 Å². The molecule has 0 fully saturated rings. The molecule has 6 heteroatoms. The third-order valence-electron chi connectivity index (χ3n) is 2.73. The SMILES string of the molecule is [B]c1ccc(-c2cc(N)ncn2)c(CCC(N)=O)c1. The maximum Gasteiger partial charge on any atom is 0.217 e. The summed E-state index contributed by atoms with van der Waals surface area (Å²) in [5, 5.41) is 0. The van der Waals surface area contributed by atoms with E-state index in [0.717, 1.165) is 11.1 Å². The largest absolute Gasteiger partial charge is 0.384 e. The molecule has 1 aromatic heterocycles. The van der Waals surface area contributed by atoms with Crippen molar-refractivity contribution >= 4 is 25.0 Å². The number of aryl methyl sites for hydroxylation is 1. The van der Waals surface area contributed by atoms with Crippen LogP contribution in [-0.4, -0.2) is 23.7 Å². The summed E-state index contributed by atoms with van der Waals surface area (Å²) in [6, 6.07) is 7.13. The van der Waals surface area contributed by atoms with Crippen molar-refractivity contribution < 1.29 is 4.79 Å². The molecule has 19 heavy (non-hydrogen) atoms. The molecule has 1 amide bonds. The summed E-state index contributed by atoms with van der Waals surface area (Å²) < 4.78 is 0. The lowest BCUT2D eigenvalue weighted by molar-refractivity contribution is -0.117. The molecule has 5 nitrogen and oxygen atoms in total. The van der Waals surface area contributed by atoms with E-state index in [-0.39, 0.29) is 12.3 Å². The van der Waals surface area contributed by atoms with Crippen LogP contribution in [0.25, 0.3) is 11.3 Å². The number of rotatable bonds is 4. The zero-order valence-electron chi connectivity index (χ0n) is 10.3. The van der Waals surface area contributed by atoms with Gasteiger partial charge in [0.25, 0.3) is 0 Å². The molecule has 1 aromatic carbocycles. The van der Waals surface area contributed by atoms with E-state index in [0.29, 0.717) is 23.4 Å². The van der Waals surface area contributed by atoms with Crippen LogP contribution in [0, 0.1) is 0 Å². The fourth-order valence-electron chi connectivity index (χ4n) is 1.85. The molecule has 94 valence electrons. The summed E-state index contributed by atoms with van der Waals surface area (Å²) in [7, 11) is 5.77. The van der Waals surface area contributed by atoms with Gasteiger partial charge in [0.2, 0.25) is 5.91 Å². The maximum atomic E-state index is 10.9. The molecule has 4 N–H and O–H groups in total. The van der Waals surface area contributed by atoms with E-state index in [1.165, 1.54) is 6.33 Å². The number of benzene rings is 1. The van der Waals surface area contributed by atoms with Crippen molar-refractivity contribution in [2.75, 3.05) is 5.73 Å². The number of carbonyl (C=O) groups excluding carboxylic acids is 1. The Kier molecular flexibility index (Phi) is 3.80. The first-order valence-corrected chi connectivity index (χ1v) is 5.81. The van der Waals surface area contributed by atoms with Crippen molar-refractivity contribution in [3.63, 3.8) is 0 Å². The van der Waals surface area contributed by atoms with Crippen LogP contribution in [0.15, 0.2) is 30.6 Å². The minimum atomic E-state index is -0.351. The lowest BCUT2D eigenvalue weighted by atomic mass is 9.89. The average molecular weight is 252 g/mol. The lowest BCUT2D eigenvalue weighted by Gasteiger charge is -2.10. The highest BCUT2D eigenvalue weighted by Crippen LogP contribution is 2.22.